The minimum absolute atomic E-state index is 0.188. The van der Waals surface area contributed by atoms with Gasteiger partial charge in [-0.3, -0.25) is 4.79 Å². The maximum absolute atomic E-state index is 12.0. The predicted octanol–water partition coefficient (Wildman–Crippen LogP) is 4.05. The lowest BCUT2D eigenvalue weighted by Gasteiger charge is -2.07. The monoisotopic (exact) mass is 368 g/mol. The fourth-order valence-corrected chi connectivity index (χ4v) is 2.10. The predicted molar refractivity (Wildman–Crippen MR) is 80.6 cm³/mol. The summed E-state index contributed by atoms with van der Waals surface area (Å²) in [4.78, 5) is 12.0. The van der Waals surface area contributed by atoms with Crippen molar-refractivity contribution < 1.29 is 4.79 Å². The van der Waals surface area contributed by atoms with Crippen molar-refractivity contribution in [3.05, 3.63) is 57.0 Å². The third-order valence-corrected chi connectivity index (χ3v) is 3.56. The maximum atomic E-state index is 12.0. The maximum Gasteiger partial charge on any atom is 0.255 e. The van der Waals surface area contributed by atoms with Gasteiger partial charge in [-0.1, -0.05) is 22.0 Å². The molecule has 5 heteroatoms. The Hall–Kier alpha value is -1.33. The van der Waals surface area contributed by atoms with Gasteiger partial charge in [0.15, 0.2) is 0 Å². The molecule has 0 radical (unpaired) electrons. The number of nitrogens with one attached hydrogen (secondary N) is 1. The summed E-state index contributed by atoms with van der Waals surface area (Å²) in [5, 5.41) is 2.81. The number of anilines is 2. The van der Waals surface area contributed by atoms with Crippen molar-refractivity contribution >= 4 is 49.1 Å². The first-order valence-corrected chi connectivity index (χ1v) is 6.77. The summed E-state index contributed by atoms with van der Waals surface area (Å²) in [7, 11) is 0. The molecular weight excluding hydrogens is 360 g/mol. The molecule has 0 fully saturated rings. The Balaban J connectivity index is 2.19. The van der Waals surface area contributed by atoms with Crippen LogP contribution in [0.25, 0.3) is 0 Å². The molecule has 2 aromatic rings. The highest BCUT2D eigenvalue weighted by molar-refractivity contribution is 9.10. The van der Waals surface area contributed by atoms with Crippen LogP contribution in [0.2, 0.25) is 0 Å². The summed E-state index contributed by atoms with van der Waals surface area (Å²) in [6.45, 7) is 0. The highest BCUT2D eigenvalue weighted by atomic mass is 79.9. The van der Waals surface area contributed by atoms with Crippen LogP contribution >= 0.6 is 31.9 Å². The topological polar surface area (TPSA) is 55.1 Å². The Kier molecular flexibility index (Phi) is 4.04. The number of carbonyl (C=O) groups excluding carboxylic acids is 1. The number of rotatable bonds is 2. The van der Waals surface area contributed by atoms with E-state index < -0.39 is 0 Å². The van der Waals surface area contributed by atoms with E-state index in [1.54, 1.807) is 18.2 Å². The van der Waals surface area contributed by atoms with Gasteiger partial charge in [0, 0.05) is 25.9 Å². The van der Waals surface area contributed by atoms with Gasteiger partial charge in [0.1, 0.15) is 0 Å². The zero-order chi connectivity index (χ0) is 13.1. The van der Waals surface area contributed by atoms with Crippen LogP contribution in [0.4, 0.5) is 11.4 Å². The van der Waals surface area contributed by atoms with Crippen LogP contribution in [0.1, 0.15) is 10.4 Å². The molecular formula is C13H10Br2N2O. The Morgan fingerprint density at radius 3 is 2.56 bits per heavy atom. The molecule has 0 saturated heterocycles. The molecule has 0 aliphatic heterocycles. The van der Waals surface area contributed by atoms with E-state index in [2.05, 4.69) is 37.2 Å². The van der Waals surface area contributed by atoms with Crippen molar-refractivity contribution in [2.24, 2.45) is 0 Å². The van der Waals surface area contributed by atoms with Gasteiger partial charge in [0.2, 0.25) is 0 Å². The van der Waals surface area contributed by atoms with Gasteiger partial charge in [0.25, 0.3) is 5.91 Å². The number of hydrogen-bond acceptors (Lipinski definition) is 2. The van der Waals surface area contributed by atoms with Crippen LogP contribution < -0.4 is 11.1 Å². The molecule has 3 N–H and O–H groups in total. The van der Waals surface area contributed by atoms with Gasteiger partial charge in [-0.2, -0.15) is 0 Å². The van der Waals surface area contributed by atoms with E-state index in [9.17, 15) is 4.79 Å². The highest BCUT2D eigenvalue weighted by Gasteiger charge is 2.07. The largest absolute Gasteiger partial charge is 0.398 e. The molecule has 0 aliphatic carbocycles. The summed E-state index contributed by atoms with van der Waals surface area (Å²) in [5.41, 5.74) is 7.54. The number of halogens is 2. The Labute approximate surface area is 122 Å². The lowest BCUT2D eigenvalue weighted by Crippen LogP contribution is -2.12. The first-order chi connectivity index (χ1) is 8.56. The average molecular weight is 370 g/mol. The number of benzene rings is 2. The number of hydrogen-bond donors (Lipinski definition) is 2. The molecule has 0 heterocycles. The van der Waals surface area contributed by atoms with Crippen molar-refractivity contribution in [2.45, 2.75) is 0 Å². The minimum atomic E-state index is -0.188. The number of nitrogens with two attached hydrogens (primary N) is 1. The van der Waals surface area contributed by atoms with Gasteiger partial charge in [-0.15, -0.1) is 0 Å². The van der Waals surface area contributed by atoms with Crippen molar-refractivity contribution in [3.8, 4) is 0 Å². The van der Waals surface area contributed by atoms with E-state index >= 15 is 0 Å². The first-order valence-electron chi connectivity index (χ1n) is 5.18. The molecule has 0 bridgehead atoms. The minimum Gasteiger partial charge on any atom is -0.398 e. The third-order valence-electron chi connectivity index (χ3n) is 2.34. The van der Waals surface area contributed by atoms with Crippen LogP contribution in [-0.4, -0.2) is 5.91 Å². The zero-order valence-electron chi connectivity index (χ0n) is 9.28. The lowest BCUT2D eigenvalue weighted by atomic mass is 10.2. The lowest BCUT2D eigenvalue weighted by molar-refractivity contribution is 0.102. The van der Waals surface area contributed by atoms with E-state index in [1.807, 2.05) is 24.3 Å². The van der Waals surface area contributed by atoms with Crippen molar-refractivity contribution in [1.29, 1.82) is 0 Å². The summed E-state index contributed by atoms with van der Waals surface area (Å²) in [5.74, 6) is -0.188. The molecule has 2 rings (SSSR count). The molecule has 0 atom stereocenters. The van der Waals surface area contributed by atoms with E-state index in [4.69, 9.17) is 5.73 Å². The fraction of sp³-hybridized carbons (Fsp3) is 0. The van der Waals surface area contributed by atoms with Crippen LogP contribution in [0.5, 0.6) is 0 Å². The van der Waals surface area contributed by atoms with Crippen LogP contribution in [0.15, 0.2) is 51.4 Å². The SMILES string of the molecule is Nc1cc(C(=O)Nc2cccc(Br)c2)ccc1Br. The Bertz CT molecular complexity index is 599. The summed E-state index contributed by atoms with van der Waals surface area (Å²) in [6.07, 6.45) is 0. The Morgan fingerprint density at radius 1 is 1.11 bits per heavy atom. The quantitative estimate of drug-likeness (QED) is 0.784. The molecule has 2 aromatic carbocycles. The number of carbonyl (C=O) groups is 1. The van der Waals surface area contributed by atoms with E-state index in [-0.39, 0.29) is 5.91 Å². The average Bonchev–Trinajstić information content (AvgIpc) is 2.32. The van der Waals surface area contributed by atoms with Gasteiger partial charge in [-0.25, -0.2) is 0 Å². The summed E-state index contributed by atoms with van der Waals surface area (Å²) >= 11 is 6.64. The molecule has 92 valence electrons. The summed E-state index contributed by atoms with van der Waals surface area (Å²) < 4.78 is 1.69. The fourth-order valence-electron chi connectivity index (χ4n) is 1.45. The van der Waals surface area contributed by atoms with E-state index in [0.29, 0.717) is 11.3 Å². The van der Waals surface area contributed by atoms with Gasteiger partial charge >= 0.3 is 0 Å². The van der Waals surface area contributed by atoms with Crippen molar-refractivity contribution in [1.82, 2.24) is 0 Å². The standard InChI is InChI=1S/C13H10Br2N2O/c14-9-2-1-3-10(7-9)17-13(18)8-4-5-11(15)12(16)6-8/h1-7H,16H2,(H,17,18). The molecule has 0 aliphatic rings. The third kappa shape index (κ3) is 3.11. The van der Waals surface area contributed by atoms with Crippen LogP contribution in [0, 0.1) is 0 Å². The van der Waals surface area contributed by atoms with Gasteiger partial charge in [-0.05, 0) is 52.3 Å². The first kappa shape index (κ1) is 13.1. The van der Waals surface area contributed by atoms with Crippen molar-refractivity contribution in [3.63, 3.8) is 0 Å². The molecule has 1 amide bonds. The molecule has 3 nitrogen and oxygen atoms in total. The molecule has 18 heavy (non-hydrogen) atoms. The van der Waals surface area contributed by atoms with Gasteiger partial charge < -0.3 is 11.1 Å². The van der Waals surface area contributed by atoms with Crippen LogP contribution in [0.3, 0.4) is 0 Å². The second kappa shape index (κ2) is 5.54. The second-order valence-electron chi connectivity index (χ2n) is 3.70. The van der Waals surface area contributed by atoms with Gasteiger partial charge in [0.05, 0.1) is 0 Å². The highest BCUT2D eigenvalue weighted by Crippen LogP contribution is 2.21. The zero-order valence-corrected chi connectivity index (χ0v) is 12.5. The van der Waals surface area contributed by atoms with E-state index in [0.717, 1.165) is 14.6 Å². The summed E-state index contributed by atoms with van der Waals surface area (Å²) in [6, 6.07) is 12.5. The molecule has 0 aromatic heterocycles. The number of nitrogen functional groups attached to an aromatic ring is 1. The molecule has 0 spiro atoms. The molecule has 0 saturated carbocycles. The normalized spacial score (nSPS) is 10.1. The number of amides is 1. The smallest absolute Gasteiger partial charge is 0.255 e. The second-order valence-corrected chi connectivity index (χ2v) is 5.47. The Morgan fingerprint density at radius 2 is 1.89 bits per heavy atom. The van der Waals surface area contributed by atoms with E-state index in [1.165, 1.54) is 0 Å². The van der Waals surface area contributed by atoms with Crippen molar-refractivity contribution in [2.75, 3.05) is 11.1 Å². The van der Waals surface area contributed by atoms with Crippen LogP contribution in [-0.2, 0) is 0 Å². The molecule has 0 unspecified atom stereocenters.